The van der Waals surface area contributed by atoms with Crippen molar-refractivity contribution >= 4 is 28.3 Å². The standard InChI is InChI=1S/C17H20BrNO2.ClH/c1-13-2-4-14(5-3-13)12-21-17-7-6-16(18)10-15(17)11-19-8-9-20;/h2-7,10,19-20H,8-9,11-12H2,1H3;1H. The minimum absolute atomic E-state index is 0. The highest BCUT2D eigenvalue weighted by molar-refractivity contribution is 9.10. The summed E-state index contributed by atoms with van der Waals surface area (Å²) < 4.78 is 6.94. The number of hydrogen-bond acceptors (Lipinski definition) is 3. The third-order valence-corrected chi connectivity index (χ3v) is 3.63. The van der Waals surface area contributed by atoms with E-state index in [1.165, 1.54) is 5.56 Å². The van der Waals surface area contributed by atoms with Gasteiger partial charge < -0.3 is 15.2 Å². The largest absolute Gasteiger partial charge is 0.489 e. The molecule has 0 saturated carbocycles. The maximum Gasteiger partial charge on any atom is 0.124 e. The van der Waals surface area contributed by atoms with Gasteiger partial charge in [-0.3, -0.25) is 0 Å². The topological polar surface area (TPSA) is 41.5 Å². The van der Waals surface area contributed by atoms with Gasteiger partial charge in [0.25, 0.3) is 0 Å². The van der Waals surface area contributed by atoms with E-state index < -0.39 is 0 Å². The molecule has 2 aromatic carbocycles. The Morgan fingerprint density at radius 2 is 1.86 bits per heavy atom. The number of aliphatic hydroxyl groups excluding tert-OH is 1. The molecule has 0 fully saturated rings. The van der Waals surface area contributed by atoms with Crippen molar-refractivity contribution in [2.24, 2.45) is 0 Å². The van der Waals surface area contributed by atoms with Gasteiger partial charge in [0.05, 0.1) is 6.61 Å². The summed E-state index contributed by atoms with van der Waals surface area (Å²) in [6.07, 6.45) is 0. The zero-order chi connectivity index (χ0) is 15.1. The lowest BCUT2D eigenvalue weighted by Gasteiger charge is -2.13. The van der Waals surface area contributed by atoms with E-state index in [2.05, 4.69) is 52.4 Å². The van der Waals surface area contributed by atoms with E-state index in [9.17, 15) is 0 Å². The Hall–Kier alpha value is -1.07. The van der Waals surface area contributed by atoms with Crippen LogP contribution in [-0.2, 0) is 13.2 Å². The van der Waals surface area contributed by atoms with Crippen molar-refractivity contribution in [3.63, 3.8) is 0 Å². The quantitative estimate of drug-likeness (QED) is 0.710. The fraction of sp³-hybridized carbons (Fsp3) is 0.294. The van der Waals surface area contributed by atoms with Crippen molar-refractivity contribution in [3.05, 3.63) is 63.6 Å². The normalized spacial score (nSPS) is 10.1. The molecule has 2 rings (SSSR count). The number of aryl methyl sites for hydroxylation is 1. The van der Waals surface area contributed by atoms with Gasteiger partial charge in [0.1, 0.15) is 12.4 Å². The van der Waals surface area contributed by atoms with Crippen LogP contribution in [0, 0.1) is 6.92 Å². The van der Waals surface area contributed by atoms with Crippen molar-refractivity contribution in [2.45, 2.75) is 20.1 Å². The average molecular weight is 387 g/mol. The molecule has 0 atom stereocenters. The van der Waals surface area contributed by atoms with Crippen LogP contribution >= 0.6 is 28.3 Å². The van der Waals surface area contributed by atoms with Crippen LogP contribution in [0.3, 0.4) is 0 Å². The smallest absolute Gasteiger partial charge is 0.124 e. The Kier molecular flexibility index (Phi) is 8.49. The summed E-state index contributed by atoms with van der Waals surface area (Å²) in [7, 11) is 0. The van der Waals surface area contributed by atoms with Crippen LogP contribution in [-0.4, -0.2) is 18.3 Å². The molecule has 2 aromatic rings. The fourth-order valence-corrected chi connectivity index (χ4v) is 2.38. The molecule has 0 aliphatic carbocycles. The Morgan fingerprint density at radius 1 is 1.14 bits per heavy atom. The number of halogens is 2. The van der Waals surface area contributed by atoms with Gasteiger partial charge in [0.2, 0.25) is 0 Å². The number of hydrogen-bond donors (Lipinski definition) is 2. The monoisotopic (exact) mass is 385 g/mol. The number of nitrogens with one attached hydrogen (secondary N) is 1. The van der Waals surface area contributed by atoms with Crippen molar-refractivity contribution < 1.29 is 9.84 Å². The maximum absolute atomic E-state index is 8.84. The van der Waals surface area contributed by atoms with Crippen molar-refractivity contribution in [2.75, 3.05) is 13.2 Å². The first-order valence-electron chi connectivity index (χ1n) is 6.97. The summed E-state index contributed by atoms with van der Waals surface area (Å²) in [6, 6.07) is 14.3. The third kappa shape index (κ3) is 5.97. The Morgan fingerprint density at radius 3 is 2.55 bits per heavy atom. The number of benzene rings is 2. The Balaban J connectivity index is 0.00000242. The second-order valence-electron chi connectivity index (χ2n) is 4.93. The predicted molar refractivity (Wildman–Crippen MR) is 95.7 cm³/mol. The van der Waals surface area contributed by atoms with Gasteiger partial charge in [-0.15, -0.1) is 12.4 Å². The van der Waals surface area contributed by atoms with Crippen LogP contribution in [0.25, 0.3) is 0 Å². The molecular formula is C17H21BrClNO2. The predicted octanol–water partition coefficient (Wildman–Crippen LogP) is 3.84. The van der Waals surface area contributed by atoms with Crippen LogP contribution in [0.5, 0.6) is 5.75 Å². The molecule has 5 heteroatoms. The van der Waals surface area contributed by atoms with Gasteiger partial charge in [-0.2, -0.15) is 0 Å². The van der Waals surface area contributed by atoms with Gasteiger partial charge >= 0.3 is 0 Å². The molecule has 0 aromatic heterocycles. The molecule has 0 aliphatic rings. The lowest BCUT2D eigenvalue weighted by molar-refractivity contribution is 0.288. The van der Waals surface area contributed by atoms with Gasteiger partial charge in [0.15, 0.2) is 0 Å². The van der Waals surface area contributed by atoms with E-state index in [4.69, 9.17) is 9.84 Å². The van der Waals surface area contributed by atoms with E-state index in [1.807, 2.05) is 18.2 Å². The number of aliphatic hydroxyl groups is 1. The van der Waals surface area contributed by atoms with Gasteiger partial charge in [0, 0.05) is 23.1 Å². The molecule has 22 heavy (non-hydrogen) atoms. The zero-order valence-corrected chi connectivity index (χ0v) is 14.9. The van der Waals surface area contributed by atoms with E-state index in [1.54, 1.807) is 0 Å². The molecule has 0 aliphatic heterocycles. The molecule has 0 amide bonds. The van der Waals surface area contributed by atoms with Crippen molar-refractivity contribution in [3.8, 4) is 5.75 Å². The SMILES string of the molecule is Cc1ccc(COc2ccc(Br)cc2CNCCO)cc1.Cl. The van der Waals surface area contributed by atoms with Crippen LogP contribution in [0.2, 0.25) is 0 Å². The molecule has 3 nitrogen and oxygen atoms in total. The second-order valence-corrected chi connectivity index (χ2v) is 5.84. The fourth-order valence-electron chi connectivity index (χ4n) is 1.97. The molecule has 0 bridgehead atoms. The average Bonchev–Trinajstić information content (AvgIpc) is 2.48. The summed E-state index contributed by atoms with van der Waals surface area (Å²) in [6.45, 7) is 4.00. The van der Waals surface area contributed by atoms with Crippen LogP contribution in [0.1, 0.15) is 16.7 Å². The highest BCUT2D eigenvalue weighted by Crippen LogP contribution is 2.24. The van der Waals surface area contributed by atoms with Gasteiger partial charge in [-0.25, -0.2) is 0 Å². The van der Waals surface area contributed by atoms with E-state index in [-0.39, 0.29) is 19.0 Å². The second kappa shape index (κ2) is 9.85. The Bertz CT molecular complexity index is 575. The molecular weight excluding hydrogens is 366 g/mol. The Labute approximate surface area is 146 Å². The van der Waals surface area contributed by atoms with Gasteiger partial charge in [-0.1, -0.05) is 45.8 Å². The lowest BCUT2D eigenvalue weighted by atomic mass is 10.1. The molecule has 0 unspecified atom stereocenters. The lowest BCUT2D eigenvalue weighted by Crippen LogP contribution is -2.18. The first-order chi connectivity index (χ1) is 10.2. The zero-order valence-electron chi connectivity index (χ0n) is 12.5. The van der Waals surface area contributed by atoms with E-state index in [0.717, 1.165) is 21.3 Å². The number of rotatable bonds is 7. The first kappa shape index (κ1) is 19.0. The molecule has 2 N–H and O–H groups in total. The molecule has 120 valence electrons. The molecule has 0 radical (unpaired) electrons. The summed E-state index contributed by atoms with van der Waals surface area (Å²) in [4.78, 5) is 0. The van der Waals surface area contributed by atoms with Crippen molar-refractivity contribution in [1.82, 2.24) is 5.32 Å². The summed E-state index contributed by atoms with van der Waals surface area (Å²) in [5.41, 5.74) is 3.47. The van der Waals surface area contributed by atoms with Gasteiger partial charge in [-0.05, 0) is 30.7 Å². The molecule has 0 saturated heterocycles. The van der Waals surface area contributed by atoms with E-state index in [0.29, 0.717) is 19.7 Å². The third-order valence-electron chi connectivity index (χ3n) is 3.14. The minimum atomic E-state index is 0. The first-order valence-corrected chi connectivity index (χ1v) is 7.76. The van der Waals surface area contributed by atoms with Crippen molar-refractivity contribution in [1.29, 1.82) is 0 Å². The highest BCUT2D eigenvalue weighted by Gasteiger charge is 2.05. The molecule has 0 heterocycles. The summed E-state index contributed by atoms with van der Waals surface area (Å²) in [5, 5.41) is 12.0. The van der Waals surface area contributed by atoms with Crippen LogP contribution < -0.4 is 10.1 Å². The van der Waals surface area contributed by atoms with Crippen LogP contribution in [0.15, 0.2) is 46.9 Å². The summed E-state index contributed by atoms with van der Waals surface area (Å²) in [5.74, 6) is 0.865. The van der Waals surface area contributed by atoms with E-state index >= 15 is 0 Å². The number of ether oxygens (including phenoxy) is 1. The highest BCUT2D eigenvalue weighted by atomic mass is 79.9. The summed E-state index contributed by atoms with van der Waals surface area (Å²) >= 11 is 3.48. The maximum atomic E-state index is 8.84. The molecule has 0 spiro atoms. The van der Waals surface area contributed by atoms with Crippen LogP contribution in [0.4, 0.5) is 0 Å². The minimum Gasteiger partial charge on any atom is -0.489 e.